The smallest absolute Gasteiger partial charge is 0.234 e. The summed E-state index contributed by atoms with van der Waals surface area (Å²) in [7, 11) is -3.23. The Kier molecular flexibility index (Phi) is 3.46. The monoisotopic (exact) mass is 240 g/mol. The van der Waals surface area contributed by atoms with Gasteiger partial charge in [-0.3, -0.25) is 4.72 Å². The predicted molar refractivity (Wildman–Crippen MR) is 64.9 cm³/mol. The SMILES string of the molecule is O=S(=O)(CC1CCCN1)Nc1ccccc1. The van der Waals surface area contributed by atoms with E-state index in [4.69, 9.17) is 0 Å². The van der Waals surface area contributed by atoms with Gasteiger partial charge in [0.25, 0.3) is 0 Å². The van der Waals surface area contributed by atoms with Crippen molar-refractivity contribution in [2.24, 2.45) is 0 Å². The van der Waals surface area contributed by atoms with Crippen LogP contribution in [-0.4, -0.2) is 26.8 Å². The maximum atomic E-state index is 11.8. The largest absolute Gasteiger partial charge is 0.313 e. The molecule has 1 aliphatic heterocycles. The van der Waals surface area contributed by atoms with Gasteiger partial charge in [0.1, 0.15) is 0 Å². The van der Waals surface area contributed by atoms with Crippen molar-refractivity contribution in [2.45, 2.75) is 18.9 Å². The van der Waals surface area contributed by atoms with Crippen LogP contribution in [0, 0.1) is 0 Å². The van der Waals surface area contributed by atoms with Gasteiger partial charge in [-0.15, -0.1) is 0 Å². The Bertz CT molecular complexity index is 425. The third kappa shape index (κ3) is 3.21. The molecule has 1 saturated heterocycles. The van der Waals surface area contributed by atoms with Crippen LogP contribution in [0.2, 0.25) is 0 Å². The zero-order valence-electron chi connectivity index (χ0n) is 9.02. The number of rotatable bonds is 4. The molecule has 0 saturated carbocycles. The number of para-hydroxylation sites is 1. The highest BCUT2D eigenvalue weighted by molar-refractivity contribution is 7.92. The van der Waals surface area contributed by atoms with Gasteiger partial charge in [0.05, 0.1) is 5.75 Å². The van der Waals surface area contributed by atoms with Crippen LogP contribution in [0.4, 0.5) is 5.69 Å². The highest BCUT2D eigenvalue weighted by atomic mass is 32.2. The molecule has 0 spiro atoms. The normalized spacial score (nSPS) is 20.9. The molecule has 16 heavy (non-hydrogen) atoms. The first-order chi connectivity index (χ1) is 7.66. The van der Waals surface area contributed by atoms with Crippen LogP contribution in [0.5, 0.6) is 0 Å². The van der Waals surface area contributed by atoms with Crippen molar-refractivity contribution in [3.63, 3.8) is 0 Å². The fourth-order valence-electron chi connectivity index (χ4n) is 1.89. The van der Waals surface area contributed by atoms with E-state index in [2.05, 4.69) is 10.0 Å². The van der Waals surface area contributed by atoms with Crippen molar-refractivity contribution < 1.29 is 8.42 Å². The van der Waals surface area contributed by atoms with Gasteiger partial charge in [-0.25, -0.2) is 8.42 Å². The van der Waals surface area contributed by atoms with Crippen LogP contribution >= 0.6 is 0 Å². The van der Waals surface area contributed by atoms with E-state index in [0.717, 1.165) is 19.4 Å². The topological polar surface area (TPSA) is 58.2 Å². The lowest BCUT2D eigenvalue weighted by Crippen LogP contribution is -2.32. The predicted octanol–water partition coefficient (Wildman–Crippen LogP) is 1.18. The lowest BCUT2D eigenvalue weighted by atomic mass is 10.3. The minimum atomic E-state index is -3.23. The summed E-state index contributed by atoms with van der Waals surface area (Å²) in [5.41, 5.74) is 0.625. The molecule has 1 aromatic rings. The number of hydrogen-bond donors (Lipinski definition) is 2. The average Bonchev–Trinajstić information content (AvgIpc) is 2.70. The van der Waals surface area contributed by atoms with E-state index in [1.807, 2.05) is 18.2 Å². The third-order valence-electron chi connectivity index (χ3n) is 2.63. The minimum Gasteiger partial charge on any atom is -0.313 e. The Balaban J connectivity index is 1.97. The quantitative estimate of drug-likeness (QED) is 0.831. The van der Waals surface area contributed by atoms with Crippen molar-refractivity contribution in [2.75, 3.05) is 17.0 Å². The Morgan fingerprint density at radius 1 is 1.31 bits per heavy atom. The van der Waals surface area contributed by atoms with E-state index < -0.39 is 10.0 Å². The molecule has 0 aromatic heterocycles. The maximum Gasteiger partial charge on any atom is 0.234 e. The second-order valence-electron chi connectivity index (χ2n) is 4.04. The molecule has 1 heterocycles. The number of anilines is 1. The molecule has 1 aromatic carbocycles. The van der Waals surface area contributed by atoms with Crippen LogP contribution in [0.25, 0.3) is 0 Å². The van der Waals surface area contributed by atoms with Crippen LogP contribution in [0.15, 0.2) is 30.3 Å². The molecule has 1 fully saturated rings. The molecule has 0 amide bonds. The van der Waals surface area contributed by atoms with Gasteiger partial charge in [-0.2, -0.15) is 0 Å². The van der Waals surface area contributed by atoms with E-state index in [9.17, 15) is 8.42 Å². The molecule has 4 nitrogen and oxygen atoms in total. The van der Waals surface area contributed by atoms with Gasteiger partial charge >= 0.3 is 0 Å². The molecular weight excluding hydrogens is 224 g/mol. The van der Waals surface area contributed by atoms with Crippen molar-refractivity contribution in [3.05, 3.63) is 30.3 Å². The molecule has 1 atom stereocenters. The molecule has 0 radical (unpaired) electrons. The fraction of sp³-hybridized carbons (Fsp3) is 0.455. The van der Waals surface area contributed by atoms with Gasteiger partial charge in [0, 0.05) is 11.7 Å². The summed E-state index contributed by atoms with van der Waals surface area (Å²) in [6, 6.07) is 9.08. The second-order valence-corrected chi connectivity index (χ2v) is 5.81. The lowest BCUT2D eigenvalue weighted by molar-refractivity contribution is 0.582. The molecule has 2 rings (SSSR count). The molecule has 1 unspecified atom stereocenters. The van der Waals surface area contributed by atoms with Gasteiger partial charge in [0.2, 0.25) is 10.0 Å². The van der Waals surface area contributed by atoms with Crippen molar-refractivity contribution in [3.8, 4) is 0 Å². The summed E-state index contributed by atoms with van der Waals surface area (Å²) in [5, 5.41) is 3.18. The summed E-state index contributed by atoms with van der Waals surface area (Å²) >= 11 is 0. The van der Waals surface area contributed by atoms with E-state index in [0.29, 0.717) is 5.69 Å². The molecule has 88 valence electrons. The second kappa shape index (κ2) is 4.84. The zero-order chi connectivity index (χ0) is 11.4. The average molecular weight is 240 g/mol. The first-order valence-electron chi connectivity index (χ1n) is 5.45. The van der Waals surface area contributed by atoms with E-state index in [-0.39, 0.29) is 11.8 Å². The molecule has 2 N–H and O–H groups in total. The zero-order valence-corrected chi connectivity index (χ0v) is 9.83. The van der Waals surface area contributed by atoms with Gasteiger partial charge in [-0.05, 0) is 31.5 Å². The van der Waals surface area contributed by atoms with Crippen LogP contribution in [-0.2, 0) is 10.0 Å². The summed E-state index contributed by atoms with van der Waals surface area (Å²) in [6.07, 6.45) is 2.00. The molecule has 1 aliphatic rings. The number of sulfonamides is 1. The van der Waals surface area contributed by atoms with Crippen molar-refractivity contribution in [1.82, 2.24) is 5.32 Å². The first-order valence-corrected chi connectivity index (χ1v) is 7.10. The highest BCUT2D eigenvalue weighted by Crippen LogP contribution is 2.12. The Hall–Kier alpha value is -1.07. The van der Waals surface area contributed by atoms with Crippen LogP contribution in [0.3, 0.4) is 0 Å². The third-order valence-corrected chi connectivity index (χ3v) is 4.02. The molecule has 0 bridgehead atoms. The van der Waals surface area contributed by atoms with Crippen molar-refractivity contribution >= 4 is 15.7 Å². The molecule has 0 aliphatic carbocycles. The standard InChI is InChI=1S/C11H16N2O2S/c14-16(15,9-11-7-4-8-12-11)13-10-5-2-1-3-6-10/h1-3,5-6,11-13H,4,7-9H2. The highest BCUT2D eigenvalue weighted by Gasteiger charge is 2.21. The Labute approximate surface area is 96.1 Å². The molecular formula is C11H16N2O2S. The lowest BCUT2D eigenvalue weighted by Gasteiger charge is -2.12. The van der Waals surface area contributed by atoms with Gasteiger partial charge in [0.15, 0.2) is 0 Å². The van der Waals surface area contributed by atoms with E-state index in [1.165, 1.54) is 0 Å². The fourth-order valence-corrected chi connectivity index (χ4v) is 3.28. The number of nitrogens with one attached hydrogen (secondary N) is 2. The van der Waals surface area contributed by atoms with E-state index in [1.54, 1.807) is 12.1 Å². The van der Waals surface area contributed by atoms with E-state index >= 15 is 0 Å². The summed E-state index contributed by atoms with van der Waals surface area (Å²) in [4.78, 5) is 0. The summed E-state index contributed by atoms with van der Waals surface area (Å²) in [5.74, 6) is 0.155. The first kappa shape index (κ1) is 11.4. The Morgan fingerprint density at radius 3 is 2.69 bits per heavy atom. The number of benzene rings is 1. The van der Waals surface area contributed by atoms with Crippen LogP contribution in [0.1, 0.15) is 12.8 Å². The number of hydrogen-bond acceptors (Lipinski definition) is 3. The Morgan fingerprint density at radius 2 is 2.06 bits per heavy atom. The van der Waals surface area contributed by atoms with Crippen molar-refractivity contribution in [1.29, 1.82) is 0 Å². The molecule has 5 heteroatoms. The summed E-state index contributed by atoms with van der Waals surface area (Å²) in [6.45, 7) is 0.922. The van der Waals surface area contributed by atoms with Gasteiger partial charge in [-0.1, -0.05) is 18.2 Å². The maximum absolute atomic E-state index is 11.8. The van der Waals surface area contributed by atoms with Crippen LogP contribution < -0.4 is 10.0 Å². The summed E-state index contributed by atoms with van der Waals surface area (Å²) < 4.78 is 26.2. The van der Waals surface area contributed by atoms with Gasteiger partial charge < -0.3 is 5.32 Å². The minimum absolute atomic E-state index is 0.0983.